The van der Waals surface area contributed by atoms with Crippen molar-refractivity contribution < 1.29 is 19.0 Å². The summed E-state index contributed by atoms with van der Waals surface area (Å²) in [5, 5.41) is 3.11. The van der Waals surface area contributed by atoms with Crippen LogP contribution in [-0.2, 0) is 4.79 Å². The van der Waals surface area contributed by atoms with Crippen LogP contribution in [0, 0.1) is 6.92 Å². The zero-order chi connectivity index (χ0) is 22.2. The van der Waals surface area contributed by atoms with Gasteiger partial charge in [-0.05, 0) is 41.8 Å². The topological polar surface area (TPSA) is 56.8 Å². The zero-order valence-corrected chi connectivity index (χ0v) is 18.2. The number of amides is 1. The maximum atomic E-state index is 12.8. The van der Waals surface area contributed by atoms with Gasteiger partial charge in [0.15, 0.2) is 11.5 Å². The van der Waals surface area contributed by atoms with Gasteiger partial charge in [-0.3, -0.25) is 4.79 Å². The van der Waals surface area contributed by atoms with Crippen LogP contribution in [0.5, 0.6) is 17.2 Å². The maximum Gasteiger partial charge on any atom is 0.244 e. The van der Waals surface area contributed by atoms with E-state index in [-0.39, 0.29) is 11.9 Å². The van der Waals surface area contributed by atoms with E-state index in [0.717, 1.165) is 16.7 Å². The van der Waals surface area contributed by atoms with E-state index >= 15 is 0 Å². The Morgan fingerprint density at radius 2 is 1.42 bits per heavy atom. The molecular weight excluding hydrogens is 390 g/mol. The van der Waals surface area contributed by atoms with Crippen LogP contribution in [0.2, 0.25) is 0 Å². The largest absolute Gasteiger partial charge is 0.493 e. The fraction of sp³-hybridized carbons (Fsp3) is 0.192. The lowest BCUT2D eigenvalue weighted by atomic mass is 9.98. The molecule has 160 valence electrons. The van der Waals surface area contributed by atoms with E-state index in [1.807, 2.05) is 61.5 Å². The highest BCUT2D eigenvalue weighted by Gasteiger charge is 2.16. The Hall–Kier alpha value is -3.73. The van der Waals surface area contributed by atoms with Gasteiger partial charge < -0.3 is 19.5 Å². The molecule has 0 aromatic heterocycles. The summed E-state index contributed by atoms with van der Waals surface area (Å²) < 4.78 is 16.1. The molecule has 0 heterocycles. The molecule has 1 amide bonds. The number of benzene rings is 3. The smallest absolute Gasteiger partial charge is 0.244 e. The first-order chi connectivity index (χ1) is 15.0. The third-order valence-electron chi connectivity index (χ3n) is 4.94. The predicted octanol–water partition coefficient (Wildman–Crippen LogP) is 4.94. The average Bonchev–Trinajstić information content (AvgIpc) is 2.81. The Labute approximate surface area is 183 Å². The van der Waals surface area contributed by atoms with Crippen LogP contribution in [-0.4, -0.2) is 27.2 Å². The van der Waals surface area contributed by atoms with Crippen molar-refractivity contribution in [2.24, 2.45) is 0 Å². The number of hydrogen-bond acceptors (Lipinski definition) is 4. The molecule has 0 spiro atoms. The molecule has 0 bridgehead atoms. The highest BCUT2D eigenvalue weighted by Crippen LogP contribution is 2.38. The first-order valence-electron chi connectivity index (χ1n) is 9.95. The van der Waals surface area contributed by atoms with E-state index in [1.165, 1.54) is 11.6 Å². The molecule has 31 heavy (non-hydrogen) atoms. The number of nitrogens with one attached hydrogen (secondary N) is 1. The van der Waals surface area contributed by atoms with Gasteiger partial charge in [-0.15, -0.1) is 0 Å². The Morgan fingerprint density at radius 1 is 0.839 bits per heavy atom. The Morgan fingerprint density at radius 3 is 1.97 bits per heavy atom. The molecule has 0 fully saturated rings. The lowest BCUT2D eigenvalue weighted by Gasteiger charge is -2.19. The summed E-state index contributed by atoms with van der Waals surface area (Å²) in [5.41, 5.74) is 3.97. The molecule has 5 heteroatoms. The third-order valence-corrected chi connectivity index (χ3v) is 4.94. The minimum absolute atomic E-state index is 0.205. The SMILES string of the molecule is COc1cc(/C=C/C(=O)N[C@@H](c2ccccc2)c2ccc(C)cc2)cc(OC)c1OC. The molecule has 3 aromatic rings. The molecule has 0 aliphatic rings. The van der Waals surface area contributed by atoms with Gasteiger partial charge in [-0.2, -0.15) is 0 Å². The predicted molar refractivity (Wildman–Crippen MR) is 123 cm³/mol. The van der Waals surface area contributed by atoms with Crippen molar-refractivity contribution in [2.75, 3.05) is 21.3 Å². The van der Waals surface area contributed by atoms with Gasteiger partial charge in [0.2, 0.25) is 11.7 Å². The molecule has 3 rings (SSSR count). The normalized spacial score (nSPS) is 11.7. The summed E-state index contributed by atoms with van der Waals surface area (Å²) in [7, 11) is 4.67. The van der Waals surface area contributed by atoms with Gasteiger partial charge in [-0.25, -0.2) is 0 Å². The van der Waals surface area contributed by atoms with Gasteiger partial charge in [0.25, 0.3) is 0 Å². The van der Waals surface area contributed by atoms with E-state index < -0.39 is 0 Å². The molecule has 0 aliphatic carbocycles. The molecule has 0 unspecified atom stereocenters. The van der Waals surface area contributed by atoms with E-state index in [2.05, 4.69) is 5.32 Å². The molecule has 1 N–H and O–H groups in total. The molecule has 0 saturated heterocycles. The number of hydrogen-bond donors (Lipinski definition) is 1. The van der Waals surface area contributed by atoms with Crippen LogP contribution >= 0.6 is 0 Å². The third kappa shape index (κ3) is 5.45. The second-order valence-corrected chi connectivity index (χ2v) is 7.05. The second kappa shape index (κ2) is 10.3. The van der Waals surface area contributed by atoms with Crippen molar-refractivity contribution in [3.8, 4) is 17.2 Å². The monoisotopic (exact) mass is 417 g/mol. The quantitative estimate of drug-likeness (QED) is 0.528. The summed E-state index contributed by atoms with van der Waals surface area (Å²) in [4.78, 5) is 12.8. The van der Waals surface area contributed by atoms with E-state index in [4.69, 9.17) is 14.2 Å². The van der Waals surface area contributed by atoms with Gasteiger partial charge in [-0.1, -0.05) is 60.2 Å². The van der Waals surface area contributed by atoms with Gasteiger partial charge in [0, 0.05) is 6.08 Å². The van der Waals surface area contributed by atoms with E-state index in [1.54, 1.807) is 39.5 Å². The highest BCUT2D eigenvalue weighted by molar-refractivity contribution is 5.92. The minimum atomic E-state index is -0.251. The number of aryl methyl sites for hydroxylation is 1. The van der Waals surface area contributed by atoms with Gasteiger partial charge in [0.05, 0.1) is 27.4 Å². The Kier molecular flexibility index (Phi) is 7.33. The number of carbonyl (C=O) groups excluding carboxylic acids is 1. The molecule has 1 atom stereocenters. The van der Waals surface area contributed by atoms with Gasteiger partial charge >= 0.3 is 0 Å². The number of rotatable bonds is 8. The van der Waals surface area contributed by atoms with Crippen LogP contribution < -0.4 is 19.5 Å². The summed E-state index contributed by atoms with van der Waals surface area (Å²) in [5.74, 6) is 1.37. The van der Waals surface area contributed by atoms with Crippen molar-refractivity contribution >= 4 is 12.0 Å². The molecule has 0 saturated carbocycles. The first-order valence-corrected chi connectivity index (χ1v) is 9.95. The molecule has 5 nitrogen and oxygen atoms in total. The number of carbonyl (C=O) groups is 1. The lowest BCUT2D eigenvalue weighted by molar-refractivity contribution is -0.116. The second-order valence-electron chi connectivity index (χ2n) is 7.05. The van der Waals surface area contributed by atoms with E-state index in [9.17, 15) is 4.79 Å². The van der Waals surface area contributed by atoms with Crippen molar-refractivity contribution in [3.05, 3.63) is 95.1 Å². The lowest BCUT2D eigenvalue weighted by Crippen LogP contribution is -2.27. The van der Waals surface area contributed by atoms with Crippen LogP contribution in [0.1, 0.15) is 28.3 Å². The zero-order valence-electron chi connectivity index (χ0n) is 18.2. The summed E-state index contributed by atoms with van der Waals surface area (Å²) >= 11 is 0. The Bertz CT molecular complexity index is 1020. The van der Waals surface area contributed by atoms with Crippen LogP contribution in [0.4, 0.5) is 0 Å². The minimum Gasteiger partial charge on any atom is -0.493 e. The standard InChI is InChI=1S/C26H27NO4/c1-18-10-13-21(14-11-18)25(20-8-6-5-7-9-20)27-24(28)15-12-19-16-22(29-2)26(31-4)23(17-19)30-3/h5-17,25H,1-4H3,(H,27,28)/b15-12+/t25-/m0/s1. The summed E-state index contributed by atoms with van der Waals surface area (Å²) in [6.45, 7) is 2.04. The maximum absolute atomic E-state index is 12.8. The van der Waals surface area contributed by atoms with Crippen LogP contribution in [0.25, 0.3) is 6.08 Å². The molecular formula is C26H27NO4. The van der Waals surface area contributed by atoms with Crippen LogP contribution in [0.15, 0.2) is 72.8 Å². The van der Waals surface area contributed by atoms with Crippen LogP contribution in [0.3, 0.4) is 0 Å². The summed E-state index contributed by atoms with van der Waals surface area (Å²) in [6.07, 6.45) is 3.22. The fourth-order valence-corrected chi connectivity index (χ4v) is 3.32. The number of methoxy groups -OCH3 is 3. The number of ether oxygens (including phenoxy) is 3. The summed E-state index contributed by atoms with van der Waals surface area (Å²) in [6, 6.07) is 21.4. The van der Waals surface area contributed by atoms with E-state index in [0.29, 0.717) is 17.2 Å². The van der Waals surface area contributed by atoms with Crippen molar-refractivity contribution in [1.82, 2.24) is 5.32 Å². The highest BCUT2D eigenvalue weighted by atomic mass is 16.5. The molecule has 3 aromatic carbocycles. The van der Waals surface area contributed by atoms with Crippen molar-refractivity contribution in [1.29, 1.82) is 0 Å². The Balaban J connectivity index is 1.84. The molecule has 0 aliphatic heterocycles. The van der Waals surface area contributed by atoms with Crippen molar-refractivity contribution in [3.63, 3.8) is 0 Å². The first kappa shape index (κ1) is 22.0. The van der Waals surface area contributed by atoms with Crippen molar-refractivity contribution in [2.45, 2.75) is 13.0 Å². The average molecular weight is 418 g/mol. The molecule has 0 radical (unpaired) electrons. The van der Waals surface area contributed by atoms with Gasteiger partial charge in [0.1, 0.15) is 0 Å². The fourth-order valence-electron chi connectivity index (χ4n) is 3.32.